The first-order valence-corrected chi connectivity index (χ1v) is 9.07. The van der Waals surface area contributed by atoms with Crippen LogP contribution in [0.15, 0.2) is 48.1 Å². The standard InChI is InChI=1S/C19H21N3S/c1-13-7-8-14-4-2-5-16(15(14)12-13)22-18(17-6-3-11-23-17)19-20-9-10-21-19/h3,6-12,16,18,22H,2,4-5H2,1H3,(H,20,21)/t16-,18-/m1/s1. The SMILES string of the molecule is Cc1ccc2c(c1)[C@H](N[C@@H](c1ncc[nH]1)c1cccs1)CCC2. The number of H-pyrrole nitrogens is 1. The van der Waals surface area contributed by atoms with Crippen molar-refractivity contribution in [3.63, 3.8) is 0 Å². The van der Waals surface area contributed by atoms with E-state index in [1.807, 2.05) is 12.4 Å². The van der Waals surface area contributed by atoms with E-state index < -0.39 is 0 Å². The van der Waals surface area contributed by atoms with E-state index in [0.717, 1.165) is 5.82 Å². The third-order valence-electron chi connectivity index (χ3n) is 4.60. The van der Waals surface area contributed by atoms with Crippen LogP contribution in [-0.4, -0.2) is 9.97 Å². The number of nitrogens with zero attached hydrogens (tertiary/aromatic N) is 1. The summed E-state index contributed by atoms with van der Waals surface area (Å²) in [5.74, 6) is 0.993. The van der Waals surface area contributed by atoms with Crippen molar-refractivity contribution in [2.75, 3.05) is 0 Å². The highest BCUT2D eigenvalue weighted by Crippen LogP contribution is 2.34. The van der Waals surface area contributed by atoms with Crippen LogP contribution < -0.4 is 5.32 Å². The van der Waals surface area contributed by atoms with Gasteiger partial charge in [0.05, 0.1) is 0 Å². The van der Waals surface area contributed by atoms with Gasteiger partial charge in [-0.25, -0.2) is 4.98 Å². The fourth-order valence-corrected chi connectivity index (χ4v) is 4.27. The second kappa shape index (κ2) is 6.30. The molecule has 0 unspecified atom stereocenters. The van der Waals surface area contributed by atoms with Crippen molar-refractivity contribution in [3.05, 3.63) is 75.5 Å². The van der Waals surface area contributed by atoms with Crippen molar-refractivity contribution < 1.29 is 0 Å². The lowest BCUT2D eigenvalue weighted by Crippen LogP contribution is -2.30. The minimum Gasteiger partial charge on any atom is -0.347 e. The lowest BCUT2D eigenvalue weighted by atomic mass is 9.86. The number of nitrogens with one attached hydrogen (secondary N) is 2. The summed E-state index contributed by atoms with van der Waals surface area (Å²) in [5.41, 5.74) is 4.29. The molecule has 1 aromatic carbocycles. The van der Waals surface area contributed by atoms with Gasteiger partial charge in [0.15, 0.2) is 0 Å². The molecule has 0 saturated heterocycles. The van der Waals surface area contributed by atoms with E-state index in [-0.39, 0.29) is 6.04 Å². The van der Waals surface area contributed by atoms with Crippen LogP contribution in [0.4, 0.5) is 0 Å². The summed E-state index contributed by atoms with van der Waals surface area (Å²) in [5, 5.41) is 5.99. The highest BCUT2D eigenvalue weighted by Gasteiger charge is 2.26. The zero-order valence-electron chi connectivity index (χ0n) is 13.3. The Morgan fingerprint density at radius 2 is 2.30 bits per heavy atom. The molecule has 118 valence electrons. The Bertz CT molecular complexity index is 728. The highest BCUT2D eigenvalue weighted by atomic mass is 32.1. The van der Waals surface area contributed by atoms with Crippen LogP contribution in [0.25, 0.3) is 0 Å². The number of rotatable bonds is 4. The summed E-state index contributed by atoms with van der Waals surface area (Å²) in [6, 6.07) is 11.7. The van der Waals surface area contributed by atoms with Gasteiger partial charge in [-0.3, -0.25) is 5.32 Å². The van der Waals surface area contributed by atoms with Crippen molar-refractivity contribution in [1.29, 1.82) is 0 Å². The first kappa shape index (κ1) is 14.7. The second-order valence-electron chi connectivity index (χ2n) is 6.24. The van der Waals surface area contributed by atoms with Gasteiger partial charge in [-0.1, -0.05) is 29.8 Å². The number of thiophene rings is 1. The predicted octanol–water partition coefficient (Wildman–Crippen LogP) is 4.54. The quantitative estimate of drug-likeness (QED) is 0.740. The Morgan fingerprint density at radius 3 is 3.09 bits per heavy atom. The molecule has 4 rings (SSSR count). The average Bonchev–Trinajstić information content (AvgIpc) is 3.26. The molecule has 0 spiro atoms. The zero-order valence-corrected chi connectivity index (χ0v) is 14.1. The molecule has 4 heteroatoms. The van der Waals surface area contributed by atoms with E-state index >= 15 is 0 Å². The van der Waals surface area contributed by atoms with E-state index in [1.54, 1.807) is 11.3 Å². The van der Waals surface area contributed by atoms with Gasteiger partial charge in [0.1, 0.15) is 11.9 Å². The van der Waals surface area contributed by atoms with Gasteiger partial charge >= 0.3 is 0 Å². The maximum atomic E-state index is 4.50. The molecule has 1 aliphatic rings. The molecule has 0 aliphatic heterocycles. The van der Waals surface area contributed by atoms with E-state index in [4.69, 9.17) is 0 Å². The maximum absolute atomic E-state index is 4.50. The van der Waals surface area contributed by atoms with Crippen molar-refractivity contribution in [2.45, 2.75) is 38.3 Å². The molecule has 2 heterocycles. The van der Waals surface area contributed by atoms with Crippen molar-refractivity contribution in [1.82, 2.24) is 15.3 Å². The molecule has 0 saturated carbocycles. The summed E-state index contributed by atoms with van der Waals surface area (Å²) in [6.07, 6.45) is 7.34. The maximum Gasteiger partial charge on any atom is 0.128 e. The molecule has 0 fully saturated rings. The average molecular weight is 323 g/mol. The molecule has 2 atom stereocenters. The molecule has 0 radical (unpaired) electrons. The number of aromatic amines is 1. The van der Waals surface area contributed by atoms with Gasteiger partial charge in [0.2, 0.25) is 0 Å². The van der Waals surface area contributed by atoms with Crippen LogP contribution in [0.5, 0.6) is 0 Å². The lowest BCUT2D eigenvalue weighted by Gasteiger charge is -2.30. The fourth-order valence-electron chi connectivity index (χ4n) is 3.48. The van der Waals surface area contributed by atoms with E-state index in [0.29, 0.717) is 6.04 Å². The van der Waals surface area contributed by atoms with Crippen LogP contribution in [-0.2, 0) is 6.42 Å². The number of hydrogen-bond acceptors (Lipinski definition) is 3. The van der Waals surface area contributed by atoms with Crippen LogP contribution >= 0.6 is 11.3 Å². The molecule has 3 aromatic rings. The van der Waals surface area contributed by atoms with Crippen LogP contribution in [0.2, 0.25) is 0 Å². The molecule has 0 amide bonds. The molecule has 23 heavy (non-hydrogen) atoms. The number of fused-ring (bicyclic) bond motifs is 1. The Balaban J connectivity index is 1.67. The molecule has 2 aromatic heterocycles. The molecule has 2 N–H and O–H groups in total. The summed E-state index contributed by atoms with van der Waals surface area (Å²) in [6.45, 7) is 2.18. The van der Waals surface area contributed by atoms with Gasteiger partial charge < -0.3 is 4.98 Å². The minimum atomic E-state index is 0.126. The molecule has 1 aliphatic carbocycles. The third kappa shape index (κ3) is 2.96. The Morgan fingerprint density at radius 1 is 1.35 bits per heavy atom. The Hall–Kier alpha value is -1.91. The normalized spacial score (nSPS) is 18.6. The molecular formula is C19H21N3S. The second-order valence-corrected chi connectivity index (χ2v) is 7.22. The third-order valence-corrected chi connectivity index (χ3v) is 5.54. The number of imidazole rings is 1. The predicted molar refractivity (Wildman–Crippen MR) is 94.7 cm³/mol. The molecule has 3 nitrogen and oxygen atoms in total. The molecular weight excluding hydrogens is 302 g/mol. The van der Waals surface area contributed by atoms with Crippen LogP contribution in [0.1, 0.15) is 52.3 Å². The Kier molecular flexibility index (Phi) is 4.02. The minimum absolute atomic E-state index is 0.126. The number of aryl methyl sites for hydroxylation is 2. The largest absolute Gasteiger partial charge is 0.347 e. The summed E-state index contributed by atoms with van der Waals surface area (Å²) >= 11 is 1.78. The number of benzene rings is 1. The van der Waals surface area contributed by atoms with Crippen LogP contribution in [0, 0.1) is 6.92 Å². The monoisotopic (exact) mass is 323 g/mol. The van der Waals surface area contributed by atoms with E-state index in [1.165, 1.54) is 40.8 Å². The first-order chi connectivity index (χ1) is 11.3. The fraction of sp³-hybridized carbons (Fsp3) is 0.316. The first-order valence-electron chi connectivity index (χ1n) is 8.19. The summed E-state index contributed by atoms with van der Waals surface area (Å²) in [4.78, 5) is 9.09. The van der Waals surface area contributed by atoms with E-state index in [9.17, 15) is 0 Å². The zero-order chi connectivity index (χ0) is 15.6. The van der Waals surface area contributed by atoms with Gasteiger partial charge in [-0.2, -0.15) is 0 Å². The van der Waals surface area contributed by atoms with Gasteiger partial charge in [-0.15, -0.1) is 11.3 Å². The van der Waals surface area contributed by atoms with Crippen molar-refractivity contribution in [3.8, 4) is 0 Å². The van der Waals surface area contributed by atoms with Gasteiger partial charge in [0.25, 0.3) is 0 Å². The lowest BCUT2D eigenvalue weighted by molar-refractivity contribution is 0.423. The van der Waals surface area contributed by atoms with Gasteiger partial charge in [-0.05, 0) is 48.8 Å². The topological polar surface area (TPSA) is 40.7 Å². The van der Waals surface area contributed by atoms with Crippen molar-refractivity contribution >= 4 is 11.3 Å². The summed E-state index contributed by atoms with van der Waals surface area (Å²) in [7, 11) is 0. The van der Waals surface area contributed by atoms with Crippen molar-refractivity contribution in [2.24, 2.45) is 0 Å². The van der Waals surface area contributed by atoms with Crippen LogP contribution in [0.3, 0.4) is 0 Å². The highest BCUT2D eigenvalue weighted by molar-refractivity contribution is 7.10. The molecule has 0 bridgehead atoms. The summed E-state index contributed by atoms with van der Waals surface area (Å²) < 4.78 is 0. The number of hydrogen-bond donors (Lipinski definition) is 2. The Labute approximate surface area is 140 Å². The smallest absolute Gasteiger partial charge is 0.128 e. The number of aromatic nitrogens is 2. The van der Waals surface area contributed by atoms with E-state index in [2.05, 4.69) is 57.9 Å². The van der Waals surface area contributed by atoms with Gasteiger partial charge in [0, 0.05) is 23.3 Å².